The number of amides is 2. The number of methoxy groups -OCH3 is 1. The predicted octanol–water partition coefficient (Wildman–Crippen LogP) is -0.00450. The summed E-state index contributed by atoms with van der Waals surface area (Å²) in [6.07, 6.45) is 2.13. The van der Waals surface area contributed by atoms with Crippen molar-refractivity contribution in [2.75, 3.05) is 7.11 Å². The van der Waals surface area contributed by atoms with Crippen LogP contribution in [0.3, 0.4) is 0 Å². The molecule has 1 saturated carbocycles. The van der Waals surface area contributed by atoms with Crippen LogP contribution in [0, 0.1) is 0 Å². The van der Waals surface area contributed by atoms with Gasteiger partial charge in [-0.05, 0) is 32.1 Å². The van der Waals surface area contributed by atoms with Crippen molar-refractivity contribution in [1.82, 2.24) is 10.6 Å². The number of carboxylic acid groups (broad SMARTS) is 1. The van der Waals surface area contributed by atoms with Crippen LogP contribution in [0.1, 0.15) is 38.5 Å². The SMILES string of the molecule is COC(=O)CC[C@@H](NC(=O)NC1CCC(O)CC1)C(=O)O. The number of aliphatic carboxylic acids is 1. The van der Waals surface area contributed by atoms with E-state index in [4.69, 9.17) is 5.11 Å². The molecule has 0 radical (unpaired) electrons. The Balaban J connectivity index is 2.38. The van der Waals surface area contributed by atoms with E-state index in [1.807, 2.05) is 0 Å². The van der Waals surface area contributed by atoms with Crippen LogP contribution in [0.5, 0.6) is 0 Å². The lowest BCUT2D eigenvalue weighted by molar-refractivity contribution is -0.142. The maximum atomic E-state index is 11.8. The zero-order chi connectivity index (χ0) is 15.8. The van der Waals surface area contributed by atoms with E-state index in [1.165, 1.54) is 7.11 Å². The quantitative estimate of drug-likeness (QED) is 0.512. The Bertz CT molecular complexity index is 379. The van der Waals surface area contributed by atoms with Gasteiger partial charge in [0.05, 0.1) is 13.2 Å². The van der Waals surface area contributed by atoms with Crippen LogP contribution >= 0.6 is 0 Å². The van der Waals surface area contributed by atoms with Crippen molar-refractivity contribution < 1.29 is 29.3 Å². The average Bonchev–Trinajstić information content (AvgIpc) is 2.45. The topological polar surface area (TPSA) is 125 Å². The van der Waals surface area contributed by atoms with Crippen molar-refractivity contribution in [3.05, 3.63) is 0 Å². The number of hydrogen-bond acceptors (Lipinski definition) is 5. The summed E-state index contributed by atoms with van der Waals surface area (Å²) in [7, 11) is 1.22. The van der Waals surface area contributed by atoms with Gasteiger partial charge in [0.15, 0.2) is 0 Å². The Morgan fingerprint density at radius 3 is 2.38 bits per heavy atom. The summed E-state index contributed by atoms with van der Waals surface area (Å²) >= 11 is 0. The summed E-state index contributed by atoms with van der Waals surface area (Å²) in [4.78, 5) is 33.8. The van der Waals surface area contributed by atoms with Crippen molar-refractivity contribution in [3.8, 4) is 0 Å². The first-order valence-electron chi connectivity index (χ1n) is 6.97. The molecule has 0 spiro atoms. The third-order valence-electron chi connectivity index (χ3n) is 3.50. The molecule has 21 heavy (non-hydrogen) atoms. The van der Waals surface area contributed by atoms with Crippen molar-refractivity contribution >= 4 is 18.0 Å². The van der Waals surface area contributed by atoms with E-state index in [1.54, 1.807) is 0 Å². The molecule has 0 aromatic carbocycles. The van der Waals surface area contributed by atoms with Crippen LogP contribution in [0.2, 0.25) is 0 Å². The first kappa shape index (κ1) is 17.2. The third-order valence-corrected chi connectivity index (χ3v) is 3.50. The Kier molecular flexibility index (Phi) is 6.93. The number of carbonyl (C=O) groups is 3. The van der Waals surface area contributed by atoms with E-state index in [2.05, 4.69) is 15.4 Å². The van der Waals surface area contributed by atoms with Crippen LogP contribution in [-0.2, 0) is 14.3 Å². The van der Waals surface area contributed by atoms with Crippen molar-refractivity contribution in [1.29, 1.82) is 0 Å². The smallest absolute Gasteiger partial charge is 0.326 e. The van der Waals surface area contributed by atoms with Gasteiger partial charge in [0, 0.05) is 12.5 Å². The average molecular weight is 302 g/mol. The van der Waals surface area contributed by atoms with Gasteiger partial charge in [-0.25, -0.2) is 9.59 Å². The third kappa shape index (κ3) is 6.44. The maximum Gasteiger partial charge on any atom is 0.326 e. The second-order valence-corrected chi connectivity index (χ2v) is 5.13. The molecule has 0 unspecified atom stereocenters. The highest BCUT2D eigenvalue weighted by molar-refractivity contribution is 5.83. The van der Waals surface area contributed by atoms with Gasteiger partial charge in [-0.1, -0.05) is 0 Å². The number of carbonyl (C=O) groups excluding carboxylic acids is 2. The molecule has 1 aliphatic carbocycles. The molecule has 8 nitrogen and oxygen atoms in total. The van der Waals surface area contributed by atoms with E-state index in [-0.39, 0.29) is 25.0 Å². The second kappa shape index (κ2) is 8.46. The van der Waals surface area contributed by atoms with Crippen molar-refractivity contribution in [2.45, 2.75) is 56.7 Å². The molecule has 1 atom stereocenters. The Labute approximate surface area is 122 Å². The molecule has 2 amide bonds. The van der Waals surface area contributed by atoms with Crippen molar-refractivity contribution in [2.24, 2.45) is 0 Å². The summed E-state index contributed by atoms with van der Waals surface area (Å²) in [6.45, 7) is 0. The fourth-order valence-corrected chi connectivity index (χ4v) is 2.23. The Hall–Kier alpha value is -1.83. The number of nitrogens with one attached hydrogen (secondary N) is 2. The van der Waals surface area contributed by atoms with Gasteiger partial charge in [-0.2, -0.15) is 0 Å². The molecule has 1 aliphatic rings. The number of aliphatic hydroxyl groups is 1. The zero-order valence-electron chi connectivity index (χ0n) is 12.0. The minimum Gasteiger partial charge on any atom is -0.480 e. The van der Waals surface area contributed by atoms with E-state index in [9.17, 15) is 19.5 Å². The normalized spacial score (nSPS) is 23.0. The molecular formula is C13H22N2O6. The Morgan fingerprint density at radius 2 is 1.86 bits per heavy atom. The second-order valence-electron chi connectivity index (χ2n) is 5.13. The van der Waals surface area contributed by atoms with Gasteiger partial charge in [-0.3, -0.25) is 4.79 Å². The predicted molar refractivity (Wildman–Crippen MR) is 72.6 cm³/mol. The molecule has 1 rings (SSSR count). The van der Waals surface area contributed by atoms with Gasteiger partial charge in [0.25, 0.3) is 0 Å². The summed E-state index contributed by atoms with van der Waals surface area (Å²) in [5.41, 5.74) is 0. The van der Waals surface area contributed by atoms with E-state index in [0.717, 1.165) is 0 Å². The summed E-state index contributed by atoms with van der Waals surface area (Å²) in [5.74, 6) is -1.72. The number of hydrogen-bond donors (Lipinski definition) is 4. The van der Waals surface area contributed by atoms with Crippen LogP contribution in [0.15, 0.2) is 0 Å². The van der Waals surface area contributed by atoms with Crippen LogP contribution in [0.4, 0.5) is 4.79 Å². The van der Waals surface area contributed by atoms with E-state index >= 15 is 0 Å². The van der Waals surface area contributed by atoms with Crippen LogP contribution in [0.25, 0.3) is 0 Å². The van der Waals surface area contributed by atoms with Gasteiger partial charge >= 0.3 is 18.0 Å². The van der Waals surface area contributed by atoms with Crippen LogP contribution < -0.4 is 10.6 Å². The highest BCUT2D eigenvalue weighted by Gasteiger charge is 2.24. The van der Waals surface area contributed by atoms with E-state index in [0.29, 0.717) is 25.7 Å². The van der Waals surface area contributed by atoms with Crippen LogP contribution in [-0.4, -0.2) is 53.5 Å². The molecule has 0 saturated heterocycles. The first-order valence-corrected chi connectivity index (χ1v) is 6.97. The van der Waals surface area contributed by atoms with Gasteiger partial charge in [-0.15, -0.1) is 0 Å². The molecule has 0 bridgehead atoms. The molecular weight excluding hydrogens is 280 g/mol. The minimum absolute atomic E-state index is 0.0290. The fraction of sp³-hybridized carbons (Fsp3) is 0.769. The standard InChI is InChI=1S/C13H22N2O6/c1-21-11(17)7-6-10(12(18)19)15-13(20)14-8-2-4-9(16)5-3-8/h8-10,16H,2-7H2,1H3,(H,18,19)(H2,14,15,20)/t8?,9?,10-/m1/s1. The number of urea groups is 1. The number of esters is 1. The molecule has 0 aromatic rings. The van der Waals surface area contributed by atoms with Gasteiger partial charge in [0.2, 0.25) is 0 Å². The Morgan fingerprint density at radius 1 is 1.24 bits per heavy atom. The number of ether oxygens (including phenoxy) is 1. The molecule has 0 aliphatic heterocycles. The molecule has 120 valence electrons. The summed E-state index contributed by atoms with van der Waals surface area (Å²) in [5, 5.41) is 23.4. The van der Waals surface area contributed by atoms with E-state index < -0.39 is 24.0 Å². The summed E-state index contributed by atoms with van der Waals surface area (Å²) in [6, 6.07) is -1.78. The highest BCUT2D eigenvalue weighted by atomic mass is 16.5. The summed E-state index contributed by atoms with van der Waals surface area (Å²) < 4.78 is 4.43. The number of rotatable bonds is 6. The van der Waals surface area contributed by atoms with Crippen molar-refractivity contribution in [3.63, 3.8) is 0 Å². The first-order chi connectivity index (χ1) is 9.92. The maximum absolute atomic E-state index is 11.8. The lowest BCUT2D eigenvalue weighted by atomic mass is 9.93. The molecule has 4 N–H and O–H groups in total. The molecule has 8 heteroatoms. The minimum atomic E-state index is -1.20. The number of carboxylic acids is 1. The molecule has 1 fully saturated rings. The number of aliphatic hydroxyl groups excluding tert-OH is 1. The fourth-order valence-electron chi connectivity index (χ4n) is 2.23. The largest absolute Gasteiger partial charge is 0.480 e. The zero-order valence-corrected chi connectivity index (χ0v) is 12.0. The highest BCUT2D eigenvalue weighted by Crippen LogP contribution is 2.18. The molecule has 0 aromatic heterocycles. The van der Waals surface area contributed by atoms with Gasteiger partial charge < -0.3 is 25.6 Å². The monoisotopic (exact) mass is 302 g/mol. The lowest BCUT2D eigenvalue weighted by Gasteiger charge is -2.26. The lowest BCUT2D eigenvalue weighted by Crippen LogP contribution is -2.50. The molecule has 0 heterocycles. The van der Waals surface area contributed by atoms with Gasteiger partial charge in [0.1, 0.15) is 6.04 Å².